The molecule has 0 fully saturated rings. The first-order chi connectivity index (χ1) is 7.44. The van der Waals surface area contributed by atoms with Crippen molar-refractivity contribution in [2.75, 3.05) is 6.54 Å². The molecule has 0 amide bonds. The monoisotopic (exact) mass is 220 g/mol. The summed E-state index contributed by atoms with van der Waals surface area (Å²) in [7, 11) is 0. The zero-order valence-electron chi connectivity index (χ0n) is 9.97. The second kappa shape index (κ2) is 5.09. The van der Waals surface area contributed by atoms with Crippen molar-refractivity contribution in [3.63, 3.8) is 0 Å². The Balaban J connectivity index is 2.50. The van der Waals surface area contributed by atoms with Gasteiger partial charge >= 0.3 is 0 Å². The van der Waals surface area contributed by atoms with Crippen LogP contribution >= 0.6 is 0 Å². The summed E-state index contributed by atoms with van der Waals surface area (Å²) in [6.45, 7) is 6.66. The van der Waals surface area contributed by atoms with Crippen LogP contribution in [0.4, 0.5) is 4.39 Å². The number of nitriles is 1. The van der Waals surface area contributed by atoms with Gasteiger partial charge in [-0.1, -0.05) is 12.1 Å². The summed E-state index contributed by atoms with van der Waals surface area (Å²) >= 11 is 0. The van der Waals surface area contributed by atoms with Crippen LogP contribution in [0.1, 0.15) is 25.0 Å². The lowest BCUT2D eigenvalue weighted by atomic mass is 9.96. The van der Waals surface area contributed by atoms with Gasteiger partial charge in [0.2, 0.25) is 0 Å². The molecule has 0 spiro atoms. The van der Waals surface area contributed by atoms with Crippen molar-refractivity contribution in [1.82, 2.24) is 5.32 Å². The van der Waals surface area contributed by atoms with Gasteiger partial charge in [0.25, 0.3) is 0 Å². The van der Waals surface area contributed by atoms with Crippen LogP contribution in [-0.2, 0) is 6.54 Å². The normalized spacial score (nSPS) is 11.2. The number of nitrogens with one attached hydrogen (secondary N) is 1. The standard InChI is InChI=1S/C13H17FN2/c1-10-4-5-11(6-12(10)14)7-16-9-13(2,3)8-15/h4-6,16H,7,9H2,1-3H3. The van der Waals surface area contributed by atoms with Crippen LogP contribution in [0.5, 0.6) is 0 Å². The van der Waals surface area contributed by atoms with Gasteiger partial charge in [0.15, 0.2) is 0 Å². The van der Waals surface area contributed by atoms with Crippen molar-refractivity contribution < 1.29 is 4.39 Å². The van der Waals surface area contributed by atoms with Crippen LogP contribution in [0.25, 0.3) is 0 Å². The summed E-state index contributed by atoms with van der Waals surface area (Å²) in [4.78, 5) is 0. The van der Waals surface area contributed by atoms with Gasteiger partial charge in [-0.25, -0.2) is 4.39 Å². The first kappa shape index (κ1) is 12.7. The lowest BCUT2D eigenvalue weighted by Gasteiger charge is -2.15. The fourth-order valence-corrected chi connectivity index (χ4v) is 1.31. The molecule has 1 aromatic carbocycles. The minimum absolute atomic E-state index is 0.182. The third-order valence-electron chi connectivity index (χ3n) is 2.43. The molecule has 0 atom stereocenters. The molecule has 1 N–H and O–H groups in total. The number of benzene rings is 1. The lowest BCUT2D eigenvalue weighted by Crippen LogP contribution is -2.27. The fraction of sp³-hybridized carbons (Fsp3) is 0.462. The molecule has 2 nitrogen and oxygen atoms in total. The summed E-state index contributed by atoms with van der Waals surface area (Å²) in [5.74, 6) is -0.182. The van der Waals surface area contributed by atoms with E-state index in [1.54, 1.807) is 13.0 Å². The molecule has 0 saturated carbocycles. The third-order valence-corrected chi connectivity index (χ3v) is 2.43. The highest BCUT2D eigenvalue weighted by atomic mass is 19.1. The van der Waals surface area contributed by atoms with E-state index in [1.807, 2.05) is 19.9 Å². The van der Waals surface area contributed by atoms with E-state index in [9.17, 15) is 4.39 Å². The highest BCUT2D eigenvalue weighted by molar-refractivity contribution is 5.23. The highest BCUT2D eigenvalue weighted by Gasteiger charge is 2.15. The second-order valence-corrected chi connectivity index (χ2v) is 4.68. The molecule has 0 heterocycles. The molecule has 0 aliphatic carbocycles. The van der Waals surface area contributed by atoms with Crippen molar-refractivity contribution >= 4 is 0 Å². The van der Waals surface area contributed by atoms with Crippen molar-refractivity contribution in [3.8, 4) is 6.07 Å². The smallest absolute Gasteiger partial charge is 0.126 e. The molecule has 0 bridgehead atoms. The molecule has 0 radical (unpaired) electrons. The zero-order chi connectivity index (χ0) is 12.2. The molecule has 0 aliphatic rings. The quantitative estimate of drug-likeness (QED) is 0.847. The van der Waals surface area contributed by atoms with Crippen LogP contribution in [-0.4, -0.2) is 6.54 Å². The van der Waals surface area contributed by atoms with E-state index in [-0.39, 0.29) is 11.2 Å². The van der Waals surface area contributed by atoms with Crippen LogP contribution in [0.2, 0.25) is 0 Å². The molecular formula is C13H17FN2. The summed E-state index contributed by atoms with van der Waals surface area (Å²) in [5, 5.41) is 12.0. The largest absolute Gasteiger partial charge is 0.311 e. The Morgan fingerprint density at radius 1 is 1.44 bits per heavy atom. The van der Waals surface area contributed by atoms with Gasteiger partial charge in [0.05, 0.1) is 11.5 Å². The fourth-order valence-electron chi connectivity index (χ4n) is 1.31. The summed E-state index contributed by atoms with van der Waals surface area (Å²) in [6.07, 6.45) is 0. The maximum atomic E-state index is 13.2. The molecule has 86 valence electrons. The molecule has 1 rings (SSSR count). The third kappa shape index (κ3) is 3.63. The Labute approximate surface area is 96.1 Å². The summed E-state index contributed by atoms with van der Waals surface area (Å²) in [5.41, 5.74) is 1.17. The van der Waals surface area contributed by atoms with Crippen LogP contribution < -0.4 is 5.32 Å². The summed E-state index contributed by atoms with van der Waals surface area (Å²) < 4.78 is 13.2. The highest BCUT2D eigenvalue weighted by Crippen LogP contribution is 2.12. The second-order valence-electron chi connectivity index (χ2n) is 4.68. The predicted molar refractivity (Wildman–Crippen MR) is 62.2 cm³/mol. The number of halogens is 1. The minimum Gasteiger partial charge on any atom is -0.311 e. The van der Waals surface area contributed by atoms with Crippen molar-refractivity contribution in [2.45, 2.75) is 27.3 Å². The molecule has 16 heavy (non-hydrogen) atoms. The van der Waals surface area contributed by atoms with Crippen molar-refractivity contribution in [2.24, 2.45) is 5.41 Å². The topological polar surface area (TPSA) is 35.8 Å². The lowest BCUT2D eigenvalue weighted by molar-refractivity contribution is 0.444. The van der Waals surface area contributed by atoms with Gasteiger partial charge in [-0.05, 0) is 38.0 Å². The Morgan fingerprint density at radius 3 is 2.69 bits per heavy atom. The number of hydrogen-bond acceptors (Lipinski definition) is 2. The van der Waals surface area contributed by atoms with Gasteiger partial charge in [-0.3, -0.25) is 0 Å². The average Bonchev–Trinajstić information content (AvgIpc) is 2.23. The number of aryl methyl sites for hydroxylation is 1. The minimum atomic E-state index is -0.386. The summed E-state index contributed by atoms with van der Waals surface area (Å²) in [6, 6.07) is 7.40. The van der Waals surface area contributed by atoms with E-state index in [2.05, 4.69) is 11.4 Å². The molecule has 0 aliphatic heterocycles. The van der Waals surface area contributed by atoms with Gasteiger partial charge in [-0.15, -0.1) is 0 Å². The van der Waals surface area contributed by atoms with E-state index < -0.39 is 0 Å². The molecule has 0 aromatic heterocycles. The van der Waals surface area contributed by atoms with Crippen molar-refractivity contribution in [3.05, 3.63) is 35.1 Å². The molecule has 0 unspecified atom stereocenters. The maximum absolute atomic E-state index is 13.2. The first-order valence-corrected chi connectivity index (χ1v) is 5.31. The predicted octanol–water partition coefficient (Wildman–Crippen LogP) is 2.77. The first-order valence-electron chi connectivity index (χ1n) is 5.31. The Hall–Kier alpha value is -1.40. The van der Waals surface area contributed by atoms with E-state index in [0.717, 1.165) is 5.56 Å². The Morgan fingerprint density at radius 2 is 2.12 bits per heavy atom. The molecular weight excluding hydrogens is 203 g/mol. The van der Waals surface area contributed by atoms with Crippen LogP contribution in [0.3, 0.4) is 0 Å². The van der Waals surface area contributed by atoms with E-state index >= 15 is 0 Å². The van der Waals surface area contributed by atoms with Gasteiger partial charge in [0.1, 0.15) is 5.82 Å². The Bertz CT molecular complexity index is 405. The SMILES string of the molecule is Cc1ccc(CNCC(C)(C)C#N)cc1F. The molecule has 1 aromatic rings. The number of nitrogens with zero attached hydrogens (tertiary/aromatic N) is 1. The van der Waals surface area contributed by atoms with Crippen LogP contribution in [0.15, 0.2) is 18.2 Å². The van der Waals surface area contributed by atoms with E-state index in [4.69, 9.17) is 5.26 Å². The molecule has 3 heteroatoms. The van der Waals surface area contributed by atoms with Gasteiger partial charge in [-0.2, -0.15) is 5.26 Å². The van der Waals surface area contributed by atoms with Crippen LogP contribution in [0, 0.1) is 29.5 Å². The van der Waals surface area contributed by atoms with Crippen molar-refractivity contribution in [1.29, 1.82) is 5.26 Å². The van der Waals surface area contributed by atoms with Gasteiger partial charge in [0, 0.05) is 13.1 Å². The van der Waals surface area contributed by atoms with E-state index in [0.29, 0.717) is 18.7 Å². The number of rotatable bonds is 4. The number of hydrogen-bond donors (Lipinski definition) is 1. The van der Waals surface area contributed by atoms with E-state index in [1.165, 1.54) is 6.07 Å². The zero-order valence-corrected chi connectivity index (χ0v) is 9.97. The molecule has 0 saturated heterocycles. The maximum Gasteiger partial charge on any atom is 0.126 e. The Kier molecular flexibility index (Phi) is 4.03. The van der Waals surface area contributed by atoms with Gasteiger partial charge < -0.3 is 5.32 Å². The average molecular weight is 220 g/mol.